The Morgan fingerprint density at radius 2 is 1.78 bits per heavy atom. The smallest absolute Gasteiger partial charge is 0.159 e. The van der Waals surface area contributed by atoms with E-state index in [1.54, 1.807) is 0 Å². The minimum atomic E-state index is 0.123. The summed E-state index contributed by atoms with van der Waals surface area (Å²) in [6.07, 6.45) is 12.7. The topological polar surface area (TPSA) is 20.3 Å². The van der Waals surface area contributed by atoms with Crippen LogP contribution in [-0.4, -0.2) is 30.8 Å². The Bertz CT molecular complexity index is 724. The molecule has 5 fully saturated rings. The van der Waals surface area contributed by atoms with E-state index < -0.39 is 0 Å². The maximum Gasteiger partial charge on any atom is 0.159 e. The number of hydrogen-bond donors (Lipinski definition) is 0. The highest BCUT2D eigenvalue weighted by Gasteiger charge is 2.81. The third-order valence-corrected chi connectivity index (χ3v) is 11.2. The Labute approximate surface area is 166 Å². The summed E-state index contributed by atoms with van der Waals surface area (Å²) in [6.45, 7) is 9.59. The first kappa shape index (κ1) is 18.4. The van der Waals surface area contributed by atoms with Gasteiger partial charge in [0.25, 0.3) is 0 Å². The molecule has 0 aliphatic heterocycles. The van der Waals surface area contributed by atoms with E-state index in [0.717, 1.165) is 30.2 Å². The summed E-state index contributed by atoms with van der Waals surface area (Å²) >= 11 is 0. The number of ketones is 1. The summed E-state index contributed by atoms with van der Waals surface area (Å²) in [7, 11) is 4.56. The standard InChI is InChI=1S/C25H39NO/c1-7-17-20(27)14-23(4)21-9-8-18-16(2)19(26(5)6)10-11-24(18)15-25(21,24)13-12-22(17,23)3/h7,16,18-19,21H,8-15H2,1-6H3/b17-7-/t16-,18+,19-,21-,22+,23-,24+,25-/m0/s1. The van der Waals surface area contributed by atoms with Crippen molar-refractivity contribution < 1.29 is 4.79 Å². The van der Waals surface area contributed by atoms with Crippen molar-refractivity contribution in [3.8, 4) is 0 Å². The van der Waals surface area contributed by atoms with Crippen molar-refractivity contribution in [1.82, 2.24) is 4.90 Å². The van der Waals surface area contributed by atoms with E-state index in [1.807, 2.05) is 0 Å². The predicted molar refractivity (Wildman–Crippen MR) is 110 cm³/mol. The second-order valence-electron chi connectivity index (χ2n) is 11.7. The van der Waals surface area contributed by atoms with E-state index in [2.05, 4.69) is 52.8 Å². The minimum absolute atomic E-state index is 0.123. The Hall–Kier alpha value is -0.630. The SMILES string of the molecule is C/C=C1/C(=O)C[C@@]2(C)[C@@H]3CC[C@@H]4[C@H](C)[C@@H](N(C)C)CC[C@@]45C[C@@]35CC[C@]12C. The Balaban J connectivity index is 1.53. The Morgan fingerprint density at radius 1 is 1.04 bits per heavy atom. The number of fused-ring (bicyclic) bond motifs is 2. The molecule has 2 heteroatoms. The van der Waals surface area contributed by atoms with Gasteiger partial charge in [0.05, 0.1) is 0 Å². The molecule has 0 aromatic heterocycles. The lowest BCUT2D eigenvalue weighted by Gasteiger charge is -2.61. The molecule has 0 saturated heterocycles. The first-order valence-electron chi connectivity index (χ1n) is 11.5. The second-order valence-corrected chi connectivity index (χ2v) is 11.7. The van der Waals surface area contributed by atoms with E-state index in [9.17, 15) is 4.79 Å². The number of carbonyl (C=O) groups is 1. The van der Waals surface area contributed by atoms with Gasteiger partial charge in [-0.05, 0) is 106 Å². The molecule has 0 unspecified atom stereocenters. The molecular formula is C25H39NO. The lowest BCUT2D eigenvalue weighted by Crippen LogP contribution is -2.55. The van der Waals surface area contributed by atoms with Crippen molar-refractivity contribution in [3.63, 3.8) is 0 Å². The van der Waals surface area contributed by atoms with Crippen LogP contribution in [0.2, 0.25) is 0 Å². The van der Waals surface area contributed by atoms with Crippen LogP contribution in [0.15, 0.2) is 11.6 Å². The van der Waals surface area contributed by atoms with Crippen LogP contribution in [0.4, 0.5) is 0 Å². The van der Waals surface area contributed by atoms with Gasteiger partial charge < -0.3 is 4.90 Å². The zero-order valence-electron chi connectivity index (χ0n) is 18.4. The molecule has 5 saturated carbocycles. The van der Waals surface area contributed by atoms with E-state index in [0.29, 0.717) is 16.6 Å². The van der Waals surface area contributed by atoms with Gasteiger partial charge in [-0.3, -0.25) is 4.79 Å². The summed E-state index contributed by atoms with van der Waals surface area (Å²) in [5.74, 6) is 2.97. The number of nitrogens with zero attached hydrogens (tertiary/aromatic N) is 1. The Kier molecular flexibility index (Phi) is 3.61. The van der Waals surface area contributed by atoms with Crippen LogP contribution in [0.1, 0.15) is 79.1 Å². The third kappa shape index (κ3) is 1.86. The number of hydrogen-bond acceptors (Lipinski definition) is 2. The number of carbonyl (C=O) groups excluding carboxylic acids is 1. The lowest BCUT2D eigenvalue weighted by atomic mass is 9.44. The van der Waals surface area contributed by atoms with Crippen LogP contribution in [0.5, 0.6) is 0 Å². The van der Waals surface area contributed by atoms with Crippen molar-refractivity contribution in [3.05, 3.63) is 11.6 Å². The number of rotatable bonds is 1. The van der Waals surface area contributed by atoms with Crippen molar-refractivity contribution in [2.24, 2.45) is 39.4 Å². The molecule has 27 heavy (non-hydrogen) atoms. The molecule has 0 amide bonds. The molecule has 0 N–H and O–H groups in total. The highest BCUT2D eigenvalue weighted by atomic mass is 16.1. The van der Waals surface area contributed by atoms with Crippen LogP contribution >= 0.6 is 0 Å². The molecule has 0 bridgehead atoms. The minimum Gasteiger partial charge on any atom is -0.306 e. The van der Waals surface area contributed by atoms with Crippen LogP contribution in [0.25, 0.3) is 0 Å². The molecule has 0 heterocycles. The lowest BCUT2D eigenvalue weighted by molar-refractivity contribution is -0.123. The monoisotopic (exact) mass is 369 g/mol. The molecular weight excluding hydrogens is 330 g/mol. The molecule has 8 atom stereocenters. The maximum atomic E-state index is 13.0. The molecule has 5 rings (SSSR count). The molecule has 150 valence electrons. The second kappa shape index (κ2) is 5.29. The van der Waals surface area contributed by atoms with Crippen LogP contribution in [-0.2, 0) is 4.79 Å². The molecule has 0 aromatic rings. The van der Waals surface area contributed by atoms with Gasteiger partial charge in [-0.2, -0.15) is 0 Å². The van der Waals surface area contributed by atoms with Crippen LogP contribution in [0, 0.1) is 39.4 Å². The molecule has 2 nitrogen and oxygen atoms in total. The zero-order chi connectivity index (χ0) is 19.4. The van der Waals surface area contributed by atoms with Gasteiger partial charge in [-0.1, -0.05) is 26.8 Å². The highest BCUT2D eigenvalue weighted by Crippen LogP contribution is 2.87. The van der Waals surface area contributed by atoms with Gasteiger partial charge in [0.2, 0.25) is 0 Å². The fourth-order valence-electron chi connectivity index (χ4n) is 9.90. The van der Waals surface area contributed by atoms with E-state index >= 15 is 0 Å². The van der Waals surface area contributed by atoms with Crippen molar-refractivity contribution in [2.75, 3.05) is 14.1 Å². The van der Waals surface area contributed by atoms with E-state index in [-0.39, 0.29) is 10.8 Å². The van der Waals surface area contributed by atoms with Crippen molar-refractivity contribution >= 4 is 5.78 Å². The third-order valence-electron chi connectivity index (χ3n) is 11.2. The number of allylic oxidation sites excluding steroid dienone is 2. The van der Waals surface area contributed by atoms with Gasteiger partial charge in [-0.25, -0.2) is 0 Å². The van der Waals surface area contributed by atoms with Crippen molar-refractivity contribution in [1.29, 1.82) is 0 Å². The van der Waals surface area contributed by atoms with Gasteiger partial charge in [0, 0.05) is 17.9 Å². The summed E-state index contributed by atoms with van der Waals surface area (Å²) < 4.78 is 0. The fourth-order valence-corrected chi connectivity index (χ4v) is 9.90. The largest absolute Gasteiger partial charge is 0.306 e. The van der Waals surface area contributed by atoms with Crippen LogP contribution < -0.4 is 0 Å². The fraction of sp³-hybridized carbons (Fsp3) is 0.880. The average Bonchev–Trinajstić information content (AvgIpc) is 3.20. The summed E-state index contributed by atoms with van der Waals surface area (Å²) in [5.41, 5.74) is 2.67. The quantitative estimate of drug-likeness (QED) is 0.571. The average molecular weight is 370 g/mol. The first-order valence-corrected chi connectivity index (χ1v) is 11.5. The summed E-state index contributed by atoms with van der Waals surface area (Å²) in [5, 5.41) is 0. The molecule has 0 aromatic carbocycles. The van der Waals surface area contributed by atoms with Gasteiger partial charge in [-0.15, -0.1) is 0 Å². The van der Waals surface area contributed by atoms with Crippen molar-refractivity contribution in [2.45, 2.75) is 85.1 Å². The van der Waals surface area contributed by atoms with E-state index in [4.69, 9.17) is 0 Å². The zero-order valence-corrected chi connectivity index (χ0v) is 18.4. The first-order chi connectivity index (χ1) is 12.7. The molecule has 5 aliphatic rings. The number of Topliss-reactive ketones (excluding diaryl/α,β-unsaturated/α-hetero) is 1. The normalized spacial score (nSPS) is 57.9. The van der Waals surface area contributed by atoms with E-state index in [1.165, 1.54) is 50.5 Å². The molecule has 0 radical (unpaired) electrons. The molecule has 2 spiro atoms. The maximum absolute atomic E-state index is 13.0. The molecule has 5 aliphatic carbocycles. The highest BCUT2D eigenvalue weighted by molar-refractivity contribution is 6.00. The predicted octanol–water partition coefficient (Wildman–Crippen LogP) is 5.47. The summed E-state index contributed by atoms with van der Waals surface area (Å²) in [6, 6.07) is 0.766. The van der Waals surface area contributed by atoms with Gasteiger partial charge in [0.15, 0.2) is 5.78 Å². The van der Waals surface area contributed by atoms with Gasteiger partial charge in [0.1, 0.15) is 0 Å². The van der Waals surface area contributed by atoms with Crippen LogP contribution in [0.3, 0.4) is 0 Å². The van der Waals surface area contributed by atoms with Gasteiger partial charge >= 0.3 is 0 Å². The Morgan fingerprint density at radius 3 is 2.44 bits per heavy atom. The summed E-state index contributed by atoms with van der Waals surface area (Å²) in [4.78, 5) is 15.4.